The molecule has 3 aromatic rings. The van der Waals surface area contributed by atoms with Crippen LogP contribution in [0.4, 0.5) is 0 Å². The summed E-state index contributed by atoms with van der Waals surface area (Å²) in [6, 6.07) is 18.6. The Bertz CT molecular complexity index is 897. The van der Waals surface area contributed by atoms with Crippen molar-refractivity contribution in [3.05, 3.63) is 77.0 Å². The summed E-state index contributed by atoms with van der Waals surface area (Å²) < 4.78 is 5.90. The van der Waals surface area contributed by atoms with Crippen molar-refractivity contribution in [3.63, 3.8) is 0 Å². The summed E-state index contributed by atoms with van der Waals surface area (Å²) in [7, 11) is 0. The lowest BCUT2D eigenvalue weighted by Crippen LogP contribution is -2.10. The van der Waals surface area contributed by atoms with Crippen molar-refractivity contribution in [1.82, 2.24) is 9.97 Å². The van der Waals surface area contributed by atoms with Gasteiger partial charge in [-0.3, -0.25) is 0 Å². The molecule has 0 bridgehead atoms. The Labute approximate surface area is 166 Å². The first-order valence-corrected chi connectivity index (χ1v) is 10.1. The van der Waals surface area contributed by atoms with E-state index in [-0.39, 0.29) is 5.41 Å². The van der Waals surface area contributed by atoms with Gasteiger partial charge in [-0.25, -0.2) is 4.98 Å². The first kappa shape index (κ1) is 19.4. The molecule has 0 saturated heterocycles. The highest BCUT2D eigenvalue weighted by Crippen LogP contribution is 2.27. The first-order chi connectivity index (χ1) is 12.8. The molecular formula is C23H26N2OS. The number of aromatic nitrogens is 2. The molecule has 1 heterocycles. The summed E-state index contributed by atoms with van der Waals surface area (Å²) in [5.74, 6) is 2.20. The Balaban J connectivity index is 1.68. The number of hydrogen-bond donors (Lipinski definition) is 0. The fourth-order valence-corrected chi connectivity index (χ4v) is 3.46. The highest BCUT2D eigenvalue weighted by Gasteiger charge is 2.13. The second kappa shape index (κ2) is 8.13. The van der Waals surface area contributed by atoms with Crippen molar-refractivity contribution >= 4 is 11.8 Å². The van der Waals surface area contributed by atoms with Gasteiger partial charge in [0.05, 0.1) is 0 Å². The van der Waals surface area contributed by atoms with Gasteiger partial charge >= 0.3 is 0 Å². The quantitative estimate of drug-likeness (QED) is 0.376. The molecular weight excluding hydrogens is 352 g/mol. The van der Waals surface area contributed by atoms with E-state index in [0.29, 0.717) is 5.88 Å². The summed E-state index contributed by atoms with van der Waals surface area (Å²) in [4.78, 5) is 9.09. The molecule has 0 amide bonds. The molecule has 0 radical (unpaired) electrons. The molecule has 4 heteroatoms. The lowest BCUT2D eigenvalue weighted by atomic mass is 9.87. The maximum atomic E-state index is 5.90. The number of aryl methyl sites for hydroxylation is 2. The maximum Gasteiger partial charge on any atom is 0.223 e. The van der Waals surface area contributed by atoms with Gasteiger partial charge in [0, 0.05) is 17.5 Å². The Hall–Kier alpha value is -2.33. The largest absolute Gasteiger partial charge is 0.439 e. The van der Waals surface area contributed by atoms with E-state index in [1.54, 1.807) is 11.8 Å². The second-order valence-corrected chi connectivity index (χ2v) is 8.72. The zero-order valence-electron chi connectivity index (χ0n) is 16.6. The van der Waals surface area contributed by atoms with E-state index in [0.717, 1.165) is 22.4 Å². The van der Waals surface area contributed by atoms with Crippen molar-refractivity contribution < 1.29 is 4.74 Å². The van der Waals surface area contributed by atoms with Crippen molar-refractivity contribution in [2.75, 3.05) is 0 Å². The molecule has 0 saturated carbocycles. The smallest absolute Gasteiger partial charge is 0.223 e. The van der Waals surface area contributed by atoms with Crippen LogP contribution < -0.4 is 4.74 Å². The van der Waals surface area contributed by atoms with Crippen LogP contribution in [-0.2, 0) is 11.2 Å². The number of thioether (sulfide) groups is 1. The van der Waals surface area contributed by atoms with Crippen LogP contribution in [-0.4, -0.2) is 9.97 Å². The monoisotopic (exact) mass is 378 g/mol. The highest BCUT2D eigenvalue weighted by molar-refractivity contribution is 7.98. The Morgan fingerprint density at radius 2 is 1.56 bits per heavy atom. The lowest BCUT2D eigenvalue weighted by Gasteiger charge is -2.19. The van der Waals surface area contributed by atoms with Crippen LogP contribution in [0.15, 0.2) is 59.8 Å². The Morgan fingerprint density at radius 1 is 0.889 bits per heavy atom. The fraction of sp³-hybridized carbons (Fsp3) is 0.304. The van der Waals surface area contributed by atoms with Gasteiger partial charge in [0.25, 0.3) is 0 Å². The van der Waals surface area contributed by atoms with Gasteiger partial charge in [-0.1, -0.05) is 74.5 Å². The molecule has 0 fully saturated rings. The molecule has 0 spiro atoms. The lowest BCUT2D eigenvalue weighted by molar-refractivity contribution is 0.454. The standard InChI is InChI=1S/C23H26N2OS/c1-16-6-12-20(13-7-16)26-21-14-17(2)24-22(25-21)27-15-18-8-10-19(11-9-18)23(3,4)5/h6-14H,15H2,1-5H3. The van der Waals surface area contributed by atoms with Crippen LogP contribution in [0, 0.1) is 13.8 Å². The van der Waals surface area contributed by atoms with Gasteiger partial charge in [0.15, 0.2) is 5.16 Å². The van der Waals surface area contributed by atoms with E-state index < -0.39 is 0 Å². The minimum absolute atomic E-state index is 0.174. The number of rotatable bonds is 5. The number of benzene rings is 2. The van der Waals surface area contributed by atoms with Crippen molar-refractivity contribution in [1.29, 1.82) is 0 Å². The minimum Gasteiger partial charge on any atom is -0.439 e. The molecule has 2 aromatic carbocycles. The molecule has 1 aromatic heterocycles. The molecule has 0 atom stereocenters. The highest BCUT2D eigenvalue weighted by atomic mass is 32.2. The van der Waals surface area contributed by atoms with E-state index in [9.17, 15) is 0 Å². The topological polar surface area (TPSA) is 35.0 Å². The first-order valence-electron chi connectivity index (χ1n) is 9.12. The van der Waals surface area contributed by atoms with Gasteiger partial charge < -0.3 is 4.74 Å². The third-order valence-corrected chi connectivity index (χ3v) is 5.16. The predicted molar refractivity (Wildman–Crippen MR) is 113 cm³/mol. The number of ether oxygens (including phenoxy) is 1. The third kappa shape index (κ3) is 5.57. The molecule has 0 aliphatic carbocycles. The average Bonchev–Trinajstić information content (AvgIpc) is 2.61. The fourth-order valence-electron chi connectivity index (χ4n) is 2.61. The average molecular weight is 379 g/mol. The van der Waals surface area contributed by atoms with E-state index in [2.05, 4.69) is 61.9 Å². The SMILES string of the molecule is Cc1ccc(Oc2cc(C)nc(SCc3ccc(C(C)(C)C)cc3)n2)cc1. The Kier molecular flexibility index (Phi) is 5.85. The summed E-state index contributed by atoms with van der Waals surface area (Å²) >= 11 is 1.63. The summed E-state index contributed by atoms with van der Waals surface area (Å²) in [6.45, 7) is 10.7. The van der Waals surface area contributed by atoms with Gasteiger partial charge in [-0.05, 0) is 42.5 Å². The molecule has 0 N–H and O–H groups in total. The van der Waals surface area contributed by atoms with Gasteiger partial charge in [-0.2, -0.15) is 4.98 Å². The van der Waals surface area contributed by atoms with E-state index in [4.69, 9.17) is 4.74 Å². The van der Waals surface area contributed by atoms with Gasteiger partial charge in [0.1, 0.15) is 5.75 Å². The molecule has 0 aliphatic heterocycles. The molecule has 27 heavy (non-hydrogen) atoms. The van der Waals surface area contributed by atoms with E-state index >= 15 is 0 Å². The van der Waals surface area contributed by atoms with Crippen LogP contribution >= 0.6 is 11.8 Å². The molecule has 140 valence electrons. The van der Waals surface area contributed by atoms with Gasteiger partial charge in [0.2, 0.25) is 5.88 Å². The zero-order valence-corrected chi connectivity index (χ0v) is 17.4. The van der Waals surface area contributed by atoms with Crippen LogP contribution in [0.2, 0.25) is 0 Å². The predicted octanol–water partition coefficient (Wildman–Crippen LogP) is 6.48. The summed E-state index contributed by atoms with van der Waals surface area (Å²) in [5, 5.41) is 0.733. The minimum atomic E-state index is 0.174. The van der Waals surface area contributed by atoms with Crippen molar-refractivity contribution in [3.8, 4) is 11.6 Å². The van der Waals surface area contributed by atoms with Crippen LogP contribution in [0.3, 0.4) is 0 Å². The molecule has 3 nitrogen and oxygen atoms in total. The summed E-state index contributed by atoms with van der Waals surface area (Å²) in [6.07, 6.45) is 0. The van der Waals surface area contributed by atoms with Crippen LogP contribution in [0.1, 0.15) is 43.2 Å². The maximum absolute atomic E-state index is 5.90. The normalized spacial score (nSPS) is 11.4. The second-order valence-electron chi connectivity index (χ2n) is 7.78. The van der Waals surface area contributed by atoms with Gasteiger partial charge in [-0.15, -0.1) is 0 Å². The molecule has 0 aliphatic rings. The van der Waals surface area contributed by atoms with E-state index in [1.165, 1.54) is 16.7 Å². The summed E-state index contributed by atoms with van der Waals surface area (Å²) in [5.41, 5.74) is 4.89. The molecule has 3 rings (SSSR count). The molecule has 0 unspecified atom stereocenters. The van der Waals surface area contributed by atoms with Crippen LogP contribution in [0.25, 0.3) is 0 Å². The third-order valence-electron chi connectivity index (χ3n) is 4.24. The van der Waals surface area contributed by atoms with Crippen LogP contribution in [0.5, 0.6) is 11.6 Å². The van der Waals surface area contributed by atoms with Crippen molar-refractivity contribution in [2.24, 2.45) is 0 Å². The van der Waals surface area contributed by atoms with E-state index in [1.807, 2.05) is 37.3 Å². The Morgan fingerprint density at radius 3 is 2.19 bits per heavy atom. The zero-order chi connectivity index (χ0) is 19.4. The van der Waals surface area contributed by atoms with Crippen molar-refractivity contribution in [2.45, 2.75) is 50.9 Å². The number of nitrogens with zero attached hydrogens (tertiary/aromatic N) is 2. The number of hydrogen-bond acceptors (Lipinski definition) is 4.